The summed E-state index contributed by atoms with van der Waals surface area (Å²) in [6.45, 7) is -0.0950. The molecule has 1 amide bonds. The SMILES string of the molecule is NNC(=O)COc1ccc(-c2cc3ccccc3[nH]2)cc1. The van der Waals surface area contributed by atoms with Gasteiger partial charge in [0.2, 0.25) is 0 Å². The van der Waals surface area contributed by atoms with Gasteiger partial charge in [0, 0.05) is 16.6 Å². The summed E-state index contributed by atoms with van der Waals surface area (Å²) in [5, 5.41) is 1.17. The van der Waals surface area contributed by atoms with Crippen LogP contribution in [-0.2, 0) is 4.79 Å². The summed E-state index contributed by atoms with van der Waals surface area (Å²) in [5.41, 5.74) is 5.22. The third-order valence-electron chi connectivity index (χ3n) is 3.23. The molecular weight excluding hydrogens is 266 g/mol. The number of para-hydroxylation sites is 1. The maximum Gasteiger partial charge on any atom is 0.271 e. The van der Waals surface area contributed by atoms with Crippen LogP contribution in [0, 0.1) is 0 Å². The fourth-order valence-corrected chi connectivity index (χ4v) is 2.15. The predicted molar refractivity (Wildman–Crippen MR) is 81.6 cm³/mol. The van der Waals surface area contributed by atoms with Crippen molar-refractivity contribution in [3.8, 4) is 17.0 Å². The highest BCUT2D eigenvalue weighted by Gasteiger charge is 2.04. The Hall–Kier alpha value is -2.79. The van der Waals surface area contributed by atoms with Gasteiger partial charge in [-0.15, -0.1) is 0 Å². The van der Waals surface area contributed by atoms with Crippen LogP contribution in [0.25, 0.3) is 22.2 Å². The van der Waals surface area contributed by atoms with Crippen molar-refractivity contribution in [3.05, 3.63) is 54.6 Å². The largest absolute Gasteiger partial charge is 0.484 e. The first-order valence-corrected chi connectivity index (χ1v) is 6.57. The number of carbonyl (C=O) groups is 1. The molecular formula is C16H15N3O2. The highest BCUT2D eigenvalue weighted by Crippen LogP contribution is 2.25. The zero-order valence-electron chi connectivity index (χ0n) is 11.3. The summed E-state index contributed by atoms with van der Waals surface area (Å²) in [6, 6.07) is 17.8. The van der Waals surface area contributed by atoms with Gasteiger partial charge in [-0.25, -0.2) is 5.84 Å². The Morgan fingerprint density at radius 2 is 1.90 bits per heavy atom. The molecule has 0 unspecified atom stereocenters. The van der Waals surface area contributed by atoms with Gasteiger partial charge in [-0.1, -0.05) is 18.2 Å². The first kappa shape index (κ1) is 13.2. The maximum atomic E-state index is 11.0. The molecule has 5 heteroatoms. The Balaban J connectivity index is 1.78. The number of hydrogen-bond donors (Lipinski definition) is 3. The summed E-state index contributed by atoms with van der Waals surface area (Å²) >= 11 is 0. The van der Waals surface area contributed by atoms with E-state index in [-0.39, 0.29) is 12.5 Å². The minimum Gasteiger partial charge on any atom is -0.484 e. The maximum absolute atomic E-state index is 11.0. The summed E-state index contributed by atoms with van der Waals surface area (Å²) < 4.78 is 5.31. The zero-order chi connectivity index (χ0) is 14.7. The van der Waals surface area contributed by atoms with Crippen molar-refractivity contribution >= 4 is 16.8 Å². The smallest absolute Gasteiger partial charge is 0.271 e. The van der Waals surface area contributed by atoms with Crippen molar-refractivity contribution in [2.24, 2.45) is 5.84 Å². The second-order valence-corrected chi connectivity index (χ2v) is 4.65. The molecule has 5 nitrogen and oxygen atoms in total. The van der Waals surface area contributed by atoms with Gasteiger partial charge in [-0.2, -0.15) is 0 Å². The Morgan fingerprint density at radius 3 is 2.62 bits per heavy atom. The molecule has 3 aromatic rings. The van der Waals surface area contributed by atoms with Crippen LogP contribution in [0.1, 0.15) is 0 Å². The van der Waals surface area contributed by atoms with Crippen molar-refractivity contribution in [1.29, 1.82) is 0 Å². The molecule has 0 aliphatic carbocycles. The molecule has 0 fully saturated rings. The van der Waals surface area contributed by atoms with E-state index in [1.54, 1.807) is 0 Å². The van der Waals surface area contributed by atoms with Gasteiger partial charge >= 0.3 is 0 Å². The van der Waals surface area contributed by atoms with Gasteiger partial charge in [-0.3, -0.25) is 10.2 Å². The monoisotopic (exact) mass is 281 g/mol. The molecule has 0 saturated carbocycles. The first-order valence-electron chi connectivity index (χ1n) is 6.57. The normalized spacial score (nSPS) is 10.5. The van der Waals surface area contributed by atoms with E-state index in [2.05, 4.69) is 17.1 Å². The number of amides is 1. The molecule has 1 aromatic heterocycles. The lowest BCUT2D eigenvalue weighted by atomic mass is 10.1. The van der Waals surface area contributed by atoms with Gasteiger partial charge in [0.25, 0.3) is 5.91 Å². The van der Waals surface area contributed by atoms with E-state index >= 15 is 0 Å². The van der Waals surface area contributed by atoms with Gasteiger partial charge in [0.15, 0.2) is 6.61 Å². The molecule has 3 rings (SSSR count). The molecule has 1 heterocycles. The van der Waals surface area contributed by atoms with Crippen molar-refractivity contribution in [2.75, 3.05) is 6.61 Å². The molecule has 4 N–H and O–H groups in total. The van der Waals surface area contributed by atoms with E-state index in [4.69, 9.17) is 10.6 Å². The summed E-state index contributed by atoms with van der Waals surface area (Å²) in [7, 11) is 0. The molecule has 0 bridgehead atoms. The van der Waals surface area contributed by atoms with Crippen LogP contribution in [0.2, 0.25) is 0 Å². The van der Waals surface area contributed by atoms with Crippen molar-refractivity contribution in [2.45, 2.75) is 0 Å². The Morgan fingerprint density at radius 1 is 1.14 bits per heavy atom. The topological polar surface area (TPSA) is 80.1 Å². The first-order chi connectivity index (χ1) is 10.3. The highest BCUT2D eigenvalue weighted by molar-refractivity contribution is 5.85. The van der Waals surface area contributed by atoms with Crippen LogP contribution in [0.5, 0.6) is 5.75 Å². The number of nitrogens with one attached hydrogen (secondary N) is 2. The molecule has 0 radical (unpaired) electrons. The minimum atomic E-state index is -0.366. The van der Waals surface area contributed by atoms with E-state index < -0.39 is 0 Å². The number of hydrazine groups is 1. The van der Waals surface area contributed by atoms with Crippen LogP contribution in [0.15, 0.2) is 54.6 Å². The lowest BCUT2D eigenvalue weighted by molar-refractivity contribution is -0.123. The second kappa shape index (κ2) is 5.68. The second-order valence-electron chi connectivity index (χ2n) is 4.65. The average Bonchev–Trinajstić information content (AvgIpc) is 2.97. The fourth-order valence-electron chi connectivity index (χ4n) is 2.15. The van der Waals surface area contributed by atoms with E-state index in [0.29, 0.717) is 5.75 Å². The molecule has 106 valence electrons. The quantitative estimate of drug-likeness (QED) is 0.389. The van der Waals surface area contributed by atoms with Crippen LogP contribution < -0.4 is 16.0 Å². The molecule has 0 saturated heterocycles. The third-order valence-corrected chi connectivity index (χ3v) is 3.23. The van der Waals surface area contributed by atoms with Crippen molar-refractivity contribution in [1.82, 2.24) is 10.4 Å². The highest BCUT2D eigenvalue weighted by atomic mass is 16.5. The van der Waals surface area contributed by atoms with Gasteiger partial charge < -0.3 is 9.72 Å². The van der Waals surface area contributed by atoms with Gasteiger partial charge in [0.05, 0.1) is 0 Å². The van der Waals surface area contributed by atoms with E-state index in [1.165, 1.54) is 5.39 Å². The molecule has 0 spiro atoms. The molecule has 21 heavy (non-hydrogen) atoms. The van der Waals surface area contributed by atoms with Crippen molar-refractivity contribution < 1.29 is 9.53 Å². The van der Waals surface area contributed by atoms with E-state index in [9.17, 15) is 4.79 Å². The molecule has 0 aliphatic heterocycles. The standard InChI is InChI=1S/C16H15N3O2/c17-19-16(20)10-21-13-7-5-11(6-8-13)15-9-12-3-1-2-4-14(12)18-15/h1-9,18H,10,17H2,(H,19,20). The number of H-pyrrole nitrogens is 1. The number of rotatable bonds is 4. The number of fused-ring (bicyclic) bond motifs is 1. The number of benzene rings is 2. The predicted octanol–water partition coefficient (Wildman–Crippen LogP) is 2.20. The number of nitrogens with two attached hydrogens (primary N) is 1. The average molecular weight is 281 g/mol. The van der Waals surface area contributed by atoms with Gasteiger partial charge in [-0.05, 0) is 42.0 Å². The van der Waals surface area contributed by atoms with E-state index in [0.717, 1.165) is 16.8 Å². The lowest BCUT2D eigenvalue weighted by Gasteiger charge is -2.05. The zero-order valence-corrected chi connectivity index (χ0v) is 11.3. The number of aromatic nitrogens is 1. The number of aromatic amines is 1. The Bertz CT molecular complexity index is 730. The van der Waals surface area contributed by atoms with Crippen LogP contribution in [0.4, 0.5) is 0 Å². The molecule has 0 aliphatic rings. The van der Waals surface area contributed by atoms with E-state index in [1.807, 2.05) is 47.9 Å². The van der Waals surface area contributed by atoms with Crippen LogP contribution >= 0.6 is 0 Å². The molecule has 0 atom stereocenters. The van der Waals surface area contributed by atoms with Crippen molar-refractivity contribution in [3.63, 3.8) is 0 Å². The minimum absolute atomic E-state index is 0.0950. The number of ether oxygens (including phenoxy) is 1. The Labute approximate surface area is 121 Å². The molecule has 2 aromatic carbocycles. The van der Waals surface area contributed by atoms with Crippen LogP contribution in [0.3, 0.4) is 0 Å². The summed E-state index contributed by atoms with van der Waals surface area (Å²) in [5.74, 6) is 5.25. The van der Waals surface area contributed by atoms with Gasteiger partial charge in [0.1, 0.15) is 5.75 Å². The van der Waals surface area contributed by atoms with Crippen LogP contribution in [-0.4, -0.2) is 17.5 Å². The summed E-state index contributed by atoms with van der Waals surface area (Å²) in [6.07, 6.45) is 0. The summed E-state index contributed by atoms with van der Waals surface area (Å²) in [4.78, 5) is 14.4. The third kappa shape index (κ3) is 2.88. The Kier molecular flexibility index (Phi) is 3.57. The lowest BCUT2D eigenvalue weighted by Crippen LogP contribution is -2.34. The number of carbonyl (C=O) groups excluding carboxylic acids is 1. The fraction of sp³-hybridized carbons (Fsp3) is 0.0625. The number of hydrogen-bond acceptors (Lipinski definition) is 3.